The van der Waals surface area contributed by atoms with E-state index in [2.05, 4.69) is 34.5 Å². The highest BCUT2D eigenvalue weighted by atomic mass is 16.7. The lowest BCUT2D eigenvalue weighted by molar-refractivity contribution is 0.102. The molecule has 0 atom stereocenters. The predicted octanol–water partition coefficient (Wildman–Crippen LogP) is 4.29. The van der Waals surface area contributed by atoms with Crippen LogP contribution in [0.15, 0.2) is 54.6 Å². The molecule has 2 aliphatic rings. The van der Waals surface area contributed by atoms with Crippen LogP contribution < -0.4 is 24.3 Å². The van der Waals surface area contributed by atoms with E-state index in [9.17, 15) is 4.79 Å². The van der Waals surface area contributed by atoms with Gasteiger partial charge >= 0.3 is 0 Å². The molecule has 176 valence electrons. The molecule has 0 fully saturated rings. The number of carbonyl (C=O) groups excluding carboxylic acids is 1. The van der Waals surface area contributed by atoms with Gasteiger partial charge in [0.2, 0.25) is 6.79 Å². The predicted molar refractivity (Wildman–Crippen MR) is 129 cm³/mol. The first-order chi connectivity index (χ1) is 16.6. The zero-order chi connectivity index (χ0) is 23.5. The van der Waals surface area contributed by atoms with Gasteiger partial charge in [0.25, 0.3) is 5.91 Å². The van der Waals surface area contributed by atoms with Crippen molar-refractivity contribution in [1.82, 2.24) is 4.90 Å². The van der Waals surface area contributed by atoms with Crippen LogP contribution in [0.3, 0.4) is 0 Å². The Morgan fingerprint density at radius 2 is 1.68 bits per heavy atom. The lowest BCUT2D eigenvalue weighted by Gasteiger charge is -2.29. The van der Waals surface area contributed by atoms with Crippen molar-refractivity contribution in [2.45, 2.75) is 19.4 Å². The van der Waals surface area contributed by atoms with Crippen molar-refractivity contribution in [3.63, 3.8) is 0 Å². The molecule has 1 N–H and O–H groups in total. The summed E-state index contributed by atoms with van der Waals surface area (Å²) in [7, 11) is 3.35. The second-order valence-corrected chi connectivity index (χ2v) is 8.47. The molecule has 0 saturated carbocycles. The number of rotatable bonds is 7. The van der Waals surface area contributed by atoms with E-state index in [0.717, 1.165) is 49.7 Å². The number of fused-ring (bicyclic) bond motifs is 2. The fourth-order valence-electron chi connectivity index (χ4n) is 4.42. The molecule has 5 rings (SSSR count). The minimum absolute atomic E-state index is 0.176. The van der Waals surface area contributed by atoms with Crippen LogP contribution in [0, 0.1) is 0 Å². The second-order valence-electron chi connectivity index (χ2n) is 8.47. The first-order valence-corrected chi connectivity index (χ1v) is 11.4. The number of nitrogens with one attached hydrogen (secondary N) is 1. The Balaban J connectivity index is 1.16. The second kappa shape index (κ2) is 9.65. The van der Waals surface area contributed by atoms with E-state index in [1.54, 1.807) is 32.4 Å². The van der Waals surface area contributed by atoms with Crippen LogP contribution in [-0.2, 0) is 19.4 Å². The summed E-state index contributed by atoms with van der Waals surface area (Å²) in [5.41, 5.74) is 5.16. The Morgan fingerprint density at radius 3 is 2.44 bits per heavy atom. The topological polar surface area (TPSA) is 69.3 Å². The molecular weight excluding hydrogens is 432 g/mol. The fourth-order valence-corrected chi connectivity index (χ4v) is 4.42. The molecule has 2 heterocycles. The van der Waals surface area contributed by atoms with Crippen molar-refractivity contribution in [1.29, 1.82) is 0 Å². The molecule has 0 aliphatic carbocycles. The summed E-state index contributed by atoms with van der Waals surface area (Å²) in [4.78, 5) is 15.0. The summed E-state index contributed by atoms with van der Waals surface area (Å²) in [6.07, 6.45) is 1.94. The Bertz CT molecular complexity index is 1190. The number of hydrogen-bond acceptors (Lipinski definition) is 6. The molecule has 7 heteroatoms. The van der Waals surface area contributed by atoms with Gasteiger partial charge in [-0.25, -0.2) is 0 Å². The van der Waals surface area contributed by atoms with Gasteiger partial charge in [-0.1, -0.05) is 12.1 Å². The Morgan fingerprint density at radius 1 is 0.941 bits per heavy atom. The molecule has 0 spiro atoms. The number of nitrogens with zero attached hydrogens (tertiary/aromatic N) is 1. The molecular formula is C27H28N2O5. The first-order valence-electron chi connectivity index (χ1n) is 11.4. The molecule has 3 aromatic rings. The van der Waals surface area contributed by atoms with Gasteiger partial charge in [0.05, 0.1) is 14.2 Å². The Kier molecular flexibility index (Phi) is 6.27. The average Bonchev–Trinajstić information content (AvgIpc) is 3.35. The zero-order valence-corrected chi connectivity index (χ0v) is 19.4. The van der Waals surface area contributed by atoms with Gasteiger partial charge in [-0.05, 0) is 72.0 Å². The minimum atomic E-state index is -0.176. The summed E-state index contributed by atoms with van der Waals surface area (Å²) in [6, 6.07) is 17.4. The van der Waals surface area contributed by atoms with Crippen molar-refractivity contribution in [2.24, 2.45) is 0 Å². The molecule has 0 unspecified atom stereocenters. The number of amides is 1. The van der Waals surface area contributed by atoms with Gasteiger partial charge in [-0.15, -0.1) is 0 Å². The molecule has 0 saturated heterocycles. The van der Waals surface area contributed by atoms with E-state index in [1.165, 1.54) is 16.7 Å². The monoisotopic (exact) mass is 460 g/mol. The quantitative estimate of drug-likeness (QED) is 0.568. The summed E-state index contributed by atoms with van der Waals surface area (Å²) in [6.45, 7) is 3.08. The van der Waals surface area contributed by atoms with Gasteiger partial charge in [-0.2, -0.15) is 0 Å². The van der Waals surface area contributed by atoms with Crippen molar-refractivity contribution >= 4 is 11.6 Å². The van der Waals surface area contributed by atoms with E-state index in [1.807, 2.05) is 12.1 Å². The van der Waals surface area contributed by atoms with Crippen LogP contribution >= 0.6 is 0 Å². The van der Waals surface area contributed by atoms with Crippen LogP contribution in [0.1, 0.15) is 27.0 Å². The number of anilines is 1. The normalized spacial score (nSPS) is 14.4. The highest BCUT2D eigenvalue weighted by molar-refractivity contribution is 6.04. The van der Waals surface area contributed by atoms with Crippen molar-refractivity contribution in [2.75, 3.05) is 39.4 Å². The third-order valence-corrected chi connectivity index (χ3v) is 6.36. The van der Waals surface area contributed by atoms with Crippen LogP contribution in [-0.4, -0.2) is 44.9 Å². The maximum atomic E-state index is 12.6. The third kappa shape index (κ3) is 4.65. The van der Waals surface area contributed by atoms with Crippen LogP contribution in [0.4, 0.5) is 5.69 Å². The van der Waals surface area contributed by atoms with E-state index in [-0.39, 0.29) is 12.7 Å². The SMILES string of the molecule is COc1cc2c(cc1OC)CN(CCc1ccc(NC(=O)c3ccc4c(c3)OCO4)cc1)CC2. The lowest BCUT2D eigenvalue weighted by atomic mass is 9.98. The molecule has 0 aromatic heterocycles. The minimum Gasteiger partial charge on any atom is -0.493 e. The molecule has 1 amide bonds. The smallest absolute Gasteiger partial charge is 0.255 e. The summed E-state index contributed by atoms with van der Waals surface area (Å²) in [5.74, 6) is 2.66. The average molecular weight is 461 g/mol. The van der Waals surface area contributed by atoms with Crippen molar-refractivity contribution < 1.29 is 23.7 Å². The third-order valence-electron chi connectivity index (χ3n) is 6.36. The van der Waals surface area contributed by atoms with Crippen molar-refractivity contribution in [3.05, 3.63) is 76.9 Å². The fraction of sp³-hybridized carbons (Fsp3) is 0.296. The van der Waals surface area contributed by atoms with Crippen LogP contribution in [0.5, 0.6) is 23.0 Å². The number of carbonyl (C=O) groups is 1. The molecule has 7 nitrogen and oxygen atoms in total. The number of benzene rings is 3. The summed E-state index contributed by atoms with van der Waals surface area (Å²) >= 11 is 0. The lowest BCUT2D eigenvalue weighted by Crippen LogP contribution is -2.32. The zero-order valence-electron chi connectivity index (χ0n) is 19.4. The highest BCUT2D eigenvalue weighted by Gasteiger charge is 2.19. The number of ether oxygens (including phenoxy) is 4. The van der Waals surface area contributed by atoms with E-state index in [4.69, 9.17) is 18.9 Å². The summed E-state index contributed by atoms with van der Waals surface area (Å²) in [5, 5.41) is 2.95. The van der Waals surface area contributed by atoms with Gasteiger partial charge in [-0.3, -0.25) is 9.69 Å². The molecule has 3 aromatic carbocycles. The van der Waals surface area contributed by atoms with E-state index in [0.29, 0.717) is 17.1 Å². The highest BCUT2D eigenvalue weighted by Crippen LogP contribution is 2.34. The molecule has 2 aliphatic heterocycles. The summed E-state index contributed by atoms with van der Waals surface area (Å²) < 4.78 is 21.6. The first kappa shape index (κ1) is 22.1. The number of methoxy groups -OCH3 is 2. The van der Waals surface area contributed by atoms with Gasteiger partial charge in [0.1, 0.15) is 0 Å². The Hall–Kier alpha value is -3.71. The Labute approximate surface area is 199 Å². The number of hydrogen-bond donors (Lipinski definition) is 1. The van der Waals surface area contributed by atoms with E-state index >= 15 is 0 Å². The largest absolute Gasteiger partial charge is 0.493 e. The van der Waals surface area contributed by atoms with Gasteiger partial charge < -0.3 is 24.3 Å². The standard InChI is InChI=1S/C27H28N2O5/c1-31-24-13-19-10-12-29(16-21(19)15-25(24)32-2)11-9-18-3-6-22(7-4-18)28-27(30)20-5-8-23-26(14-20)34-17-33-23/h3-8,13-15H,9-12,16-17H2,1-2H3,(H,28,30). The van der Waals surface area contributed by atoms with E-state index < -0.39 is 0 Å². The maximum Gasteiger partial charge on any atom is 0.255 e. The van der Waals surface area contributed by atoms with Crippen molar-refractivity contribution in [3.8, 4) is 23.0 Å². The molecule has 0 radical (unpaired) electrons. The van der Waals surface area contributed by atoms with Gasteiger partial charge in [0, 0.05) is 30.9 Å². The molecule has 0 bridgehead atoms. The van der Waals surface area contributed by atoms with Crippen LogP contribution in [0.25, 0.3) is 0 Å². The van der Waals surface area contributed by atoms with Gasteiger partial charge in [0.15, 0.2) is 23.0 Å². The molecule has 34 heavy (non-hydrogen) atoms. The maximum absolute atomic E-state index is 12.6. The van der Waals surface area contributed by atoms with Crippen LogP contribution in [0.2, 0.25) is 0 Å².